The van der Waals surface area contributed by atoms with E-state index in [0.29, 0.717) is 64.2 Å². The summed E-state index contributed by atoms with van der Waals surface area (Å²) in [5, 5.41) is 7.89. The SMILES string of the molecule is CCC[C@H]1C(=O)N[C@@H]([C@@H](C)CC)C(=O)N(C)CC(=O)N(C)CC(=O)N(C)[C@@H](Cc2ccc(C(F)(F)F)cc2)C(=O)N(C)CC(=O)N[C@@H](CCc2ccc(C(F)(F)F)c(Cl)c2)C(=O)N2CCCC2C(=O)NC2(CCCC2)C(=O)N(C)[C@@H](C2CCCCC2)C(=O)N(C)[C@H](C(=O)N2C3CCC2COC3)CC(=O)N1C. The number of hydrogen-bond donors (Lipinski definition) is 3. The zero-order valence-electron chi connectivity index (χ0n) is 62.3. The molecule has 2 bridgehead atoms. The number of nitrogens with one attached hydrogen (secondary N) is 3. The number of carbonyl (C=O) groups is 12. The van der Waals surface area contributed by atoms with Crippen molar-refractivity contribution in [1.29, 1.82) is 0 Å². The van der Waals surface area contributed by atoms with Gasteiger partial charge in [0.05, 0.1) is 67.5 Å². The maximum atomic E-state index is 15.9. The average molecular weight is 1520 g/mol. The van der Waals surface area contributed by atoms with E-state index in [2.05, 4.69) is 16.0 Å². The van der Waals surface area contributed by atoms with Crippen molar-refractivity contribution >= 4 is 82.5 Å². The second-order valence-electron chi connectivity index (χ2n) is 29.8. The van der Waals surface area contributed by atoms with Crippen molar-refractivity contribution in [3.63, 3.8) is 0 Å². The third-order valence-corrected chi connectivity index (χ3v) is 22.8. The standard InChI is InChI=1S/C74H103ClF6N12O13/c1-11-19-54-64(98)83-62(44(3)12-2)69(103)87(6)40-60(96)85(4)41-61(97)89(8)56(37-46-23-27-48(28-24-46)73(76,77)78)67(101)86(5)39-58(94)82-53(32-26-45-25-31-51(52(75)36-45)74(79,80)81)66(100)92-35-18-22-55(92)65(99)84-72(33-16-17-34-72)71(105)91(10)63(47-20-14-13-15-21-47)70(104)90(9)57(38-59(95)88(54)7)68(102)93-49-29-30-50(93)43-106-42-49/h23-25,27-28,31,36,44,47,49-50,53-57,62-63H,11-22,26,29-30,32-35,37-43H2,1-10H3,(H,82,94)(H,83,98)(H,84,99)/t44-,49?,50?,53-,54-,55?,56-,57-,62-,63-/m0/s1. The molecule has 6 aliphatic rings. The quantitative estimate of drug-likeness (QED) is 0.223. The van der Waals surface area contributed by atoms with E-state index in [1.807, 2.05) is 0 Å². The number of carbonyl (C=O) groups excluding carboxylic acids is 12. The molecule has 4 heterocycles. The molecule has 3 N–H and O–H groups in total. The van der Waals surface area contributed by atoms with E-state index in [1.54, 1.807) is 25.7 Å². The number of morpholine rings is 1. The van der Waals surface area contributed by atoms with E-state index in [0.717, 1.165) is 68.5 Å². The Labute approximate surface area is 620 Å². The van der Waals surface area contributed by atoms with E-state index < -0.39 is 192 Å². The lowest BCUT2D eigenvalue weighted by molar-refractivity contribution is -0.159. The highest BCUT2D eigenvalue weighted by Crippen LogP contribution is 2.39. The second-order valence-corrected chi connectivity index (χ2v) is 30.2. The number of benzene rings is 2. The van der Waals surface area contributed by atoms with Gasteiger partial charge < -0.3 is 64.8 Å². The van der Waals surface area contributed by atoms with Crippen LogP contribution in [0.2, 0.25) is 5.02 Å². The molecule has 2 saturated carbocycles. The Kier molecular flexibility index (Phi) is 28.2. The van der Waals surface area contributed by atoms with E-state index in [9.17, 15) is 55.1 Å². The predicted molar refractivity (Wildman–Crippen MR) is 377 cm³/mol. The predicted octanol–water partition coefficient (Wildman–Crippen LogP) is 5.85. The van der Waals surface area contributed by atoms with Crippen LogP contribution in [0.1, 0.15) is 159 Å². The number of nitrogens with zero attached hydrogens (tertiary/aromatic N) is 9. The zero-order chi connectivity index (χ0) is 78.0. The highest BCUT2D eigenvalue weighted by Gasteiger charge is 2.53. The molecule has 586 valence electrons. The number of alkyl halides is 6. The Hall–Kier alpha value is -8.09. The van der Waals surface area contributed by atoms with Crippen molar-refractivity contribution in [2.24, 2.45) is 11.8 Å². The lowest BCUT2D eigenvalue weighted by atomic mass is 9.81. The molecule has 2 aromatic carbocycles. The smallest absolute Gasteiger partial charge is 0.377 e. The molecule has 6 fully saturated rings. The highest BCUT2D eigenvalue weighted by atomic mass is 35.5. The monoisotopic (exact) mass is 1520 g/mol. The summed E-state index contributed by atoms with van der Waals surface area (Å²) in [5.74, 6) is -10.1. The topological polar surface area (TPSA) is 279 Å². The summed E-state index contributed by atoms with van der Waals surface area (Å²) in [6, 6.07) is -3.65. The summed E-state index contributed by atoms with van der Waals surface area (Å²) in [7, 11) is 9.26. The van der Waals surface area contributed by atoms with Gasteiger partial charge in [0.1, 0.15) is 47.8 Å². The number of fused-ring (bicyclic) bond motifs is 3. The summed E-state index contributed by atoms with van der Waals surface area (Å²) in [6.45, 7) is 3.45. The Morgan fingerprint density at radius 1 is 0.613 bits per heavy atom. The molecular formula is C74H103ClF6N12O13. The summed E-state index contributed by atoms with van der Waals surface area (Å²) in [6.07, 6.45) is -4.35. The Morgan fingerprint density at radius 3 is 1.81 bits per heavy atom. The van der Waals surface area contributed by atoms with Gasteiger partial charge in [0, 0.05) is 62.3 Å². The van der Waals surface area contributed by atoms with Crippen molar-refractivity contribution in [2.75, 3.05) is 88.7 Å². The number of aryl methyl sites for hydroxylation is 1. The van der Waals surface area contributed by atoms with Crippen LogP contribution >= 0.6 is 11.6 Å². The molecule has 1 spiro atoms. The van der Waals surface area contributed by atoms with Crippen LogP contribution in [0.25, 0.3) is 0 Å². The van der Waals surface area contributed by atoms with Crippen LogP contribution in [0, 0.1) is 11.8 Å². The van der Waals surface area contributed by atoms with Gasteiger partial charge in [0.2, 0.25) is 70.9 Å². The molecule has 32 heteroatoms. The highest BCUT2D eigenvalue weighted by molar-refractivity contribution is 6.31. The van der Waals surface area contributed by atoms with Crippen molar-refractivity contribution < 1.29 is 88.6 Å². The van der Waals surface area contributed by atoms with E-state index in [4.69, 9.17) is 16.3 Å². The zero-order valence-corrected chi connectivity index (χ0v) is 63.0. The third kappa shape index (κ3) is 19.6. The lowest BCUT2D eigenvalue weighted by Gasteiger charge is -2.44. The molecule has 4 saturated heterocycles. The molecule has 106 heavy (non-hydrogen) atoms. The fourth-order valence-corrected chi connectivity index (χ4v) is 16.2. The number of rotatable bonds is 11. The van der Waals surface area contributed by atoms with Crippen molar-refractivity contribution in [3.8, 4) is 0 Å². The van der Waals surface area contributed by atoms with Crippen molar-refractivity contribution in [1.82, 2.24) is 60.0 Å². The Balaban J connectivity index is 1.19. The van der Waals surface area contributed by atoms with Gasteiger partial charge in [-0.3, -0.25) is 57.5 Å². The largest absolute Gasteiger partial charge is 0.417 e. The minimum atomic E-state index is -4.81. The number of ether oxygens (including phenoxy) is 1. The second kappa shape index (κ2) is 35.8. The molecular weight excluding hydrogens is 1410 g/mol. The number of likely N-dealkylation sites (N-methyl/N-ethyl adjacent to an activating group) is 7. The molecule has 25 nitrogen and oxygen atoms in total. The molecule has 12 amide bonds. The van der Waals surface area contributed by atoms with Gasteiger partial charge in [-0.15, -0.1) is 0 Å². The third-order valence-electron chi connectivity index (χ3n) is 22.5. The maximum absolute atomic E-state index is 15.9. The number of hydrogen-bond acceptors (Lipinski definition) is 13. The van der Waals surface area contributed by atoms with Crippen LogP contribution in [0.15, 0.2) is 42.5 Å². The van der Waals surface area contributed by atoms with Gasteiger partial charge in [-0.1, -0.05) is 95.5 Å². The first-order valence-electron chi connectivity index (χ1n) is 36.9. The fraction of sp³-hybridized carbons (Fsp3) is 0.676. The Morgan fingerprint density at radius 2 is 1.22 bits per heavy atom. The van der Waals surface area contributed by atoms with Gasteiger partial charge in [0.15, 0.2) is 0 Å². The summed E-state index contributed by atoms with van der Waals surface area (Å²) in [4.78, 5) is 191. The van der Waals surface area contributed by atoms with Gasteiger partial charge in [-0.2, -0.15) is 26.3 Å². The first-order chi connectivity index (χ1) is 49.9. The van der Waals surface area contributed by atoms with Crippen LogP contribution < -0.4 is 16.0 Å². The van der Waals surface area contributed by atoms with E-state index >= 15 is 28.8 Å². The lowest BCUT2D eigenvalue weighted by Crippen LogP contribution is -2.65. The molecule has 2 aliphatic carbocycles. The van der Waals surface area contributed by atoms with Gasteiger partial charge in [-0.25, -0.2) is 0 Å². The minimum absolute atomic E-state index is 0.0455. The van der Waals surface area contributed by atoms with Crippen molar-refractivity contribution in [2.45, 2.75) is 221 Å². The maximum Gasteiger partial charge on any atom is 0.417 e. The molecule has 4 aliphatic heterocycles. The normalized spacial score (nSPS) is 26.9. The van der Waals surface area contributed by atoms with Crippen LogP contribution in [-0.2, 0) is 87.5 Å². The summed E-state index contributed by atoms with van der Waals surface area (Å²) >= 11 is 6.14. The average Bonchev–Trinajstić information content (AvgIpc) is 1.55. The van der Waals surface area contributed by atoms with Crippen LogP contribution in [0.5, 0.6) is 0 Å². The summed E-state index contributed by atoms with van der Waals surface area (Å²) < 4.78 is 89.0. The molecule has 0 radical (unpaired) electrons. The van der Waals surface area contributed by atoms with Crippen LogP contribution in [0.4, 0.5) is 26.3 Å². The van der Waals surface area contributed by atoms with Crippen LogP contribution in [-0.4, -0.2) is 264 Å². The van der Waals surface area contributed by atoms with Crippen LogP contribution in [0.3, 0.4) is 0 Å². The van der Waals surface area contributed by atoms with Gasteiger partial charge in [-0.05, 0) is 118 Å². The molecule has 3 unspecified atom stereocenters. The molecule has 8 rings (SSSR count). The van der Waals surface area contributed by atoms with Gasteiger partial charge >= 0.3 is 12.4 Å². The summed E-state index contributed by atoms with van der Waals surface area (Å²) in [5.41, 5.74) is -3.42. The fourth-order valence-electron chi connectivity index (χ4n) is 15.9. The number of halogens is 7. The first-order valence-corrected chi connectivity index (χ1v) is 37.2. The van der Waals surface area contributed by atoms with Gasteiger partial charge in [0.25, 0.3) is 0 Å². The van der Waals surface area contributed by atoms with Crippen molar-refractivity contribution in [3.05, 3.63) is 69.7 Å². The number of amides is 12. The Bertz CT molecular complexity index is 3540. The molecule has 10 atom stereocenters. The minimum Gasteiger partial charge on any atom is -0.377 e. The molecule has 2 aromatic rings. The van der Waals surface area contributed by atoms with E-state index in [1.165, 1.54) is 68.9 Å². The first kappa shape index (κ1) is 83.5. The van der Waals surface area contributed by atoms with E-state index in [-0.39, 0.29) is 87.9 Å². The molecule has 0 aromatic heterocycles.